The topological polar surface area (TPSA) is 83.8 Å². The molecule has 31 heavy (non-hydrogen) atoms. The Morgan fingerprint density at radius 1 is 1.03 bits per heavy atom. The van der Waals surface area contributed by atoms with Crippen LogP contribution in [0.5, 0.6) is 5.75 Å². The van der Waals surface area contributed by atoms with Gasteiger partial charge in [-0.15, -0.1) is 0 Å². The molecule has 0 fully saturated rings. The number of ether oxygens (including phenoxy) is 1. The van der Waals surface area contributed by atoms with Gasteiger partial charge in [0.25, 0.3) is 0 Å². The quantitative estimate of drug-likeness (QED) is 0.600. The molecule has 2 heterocycles. The van der Waals surface area contributed by atoms with Crippen LogP contribution in [0.25, 0.3) is 0 Å². The highest BCUT2D eigenvalue weighted by atomic mass is 16.5. The van der Waals surface area contributed by atoms with Crippen LogP contribution in [0.1, 0.15) is 22.9 Å². The Labute approximate surface area is 181 Å². The van der Waals surface area contributed by atoms with Crippen LogP contribution in [0.4, 0.5) is 5.69 Å². The van der Waals surface area contributed by atoms with Crippen molar-refractivity contribution >= 4 is 17.5 Å². The molecule has 0 spiro atoms. The number of benzene rings is 2. The lowest BCUT2D eigenvalue weighted by atomic mass is 9.98. The fraction of sp³-hybridized carbons (Fsp3) is 0.250. The molecule has 0 saturated heterocycles. The van der Waals surface area contributed by atoms with Gasteiger partial charge in [0.2, 0.25) is 0 Å². The van der Waals surface area contributed by atoms with E-state index < -0.39 is 11.8 Å². The van der Waals surface area contributed by atoms with Gasteiger partial charge < -0.3 is 19.8 Å². The van der Waals surface area contributed by atoms with Crippen LogP contribution >= 0.6 is 0 Å². The molecular formula is C24H25N3O4. The summed E-state index contributed by atoms with van der Waals surface area (Å²) < 4.78 is 10.9. The molecule has 2 N–H and O–H groups in total. The number of furan rings is 1. The number of hydrogen-bond donors (Lipinski definition) is 2. The van der Waals surface area contributed by atoms with Crippen molar-refractivity contribution in [2.24, 2.45) is 0 Å². The van der Waals surface area contributed by atoms with Gasteiger partial charge in [0.05, 0.1) is 25.1 Å². The molecule has 160 valence electrons. The second-order valence-corrected chi connectivity index (χ2v) is 7.38. The summed E-state index contributed by atoms with van der Waals surface area (Å²) in [7, 11) is 1.51. The Balaban J connectivity index is 1.42. The number of hydrogen-bond acceptors (Lipinski definition) is 5. The third-order valence-electron chi connectivity index (χ3n) is 5.49. The van der Waals surface area contributed by atoms with E-state index in [2.05, 4.69) is 33.7 Å². The van der Waals surface area contributed by atoms with Crippen molar-refractivity contribution < 1.29 is 18.7 Å². The lowest BCUT2D eigenvalue weighted by Gasteiger charge is -2.34. The molecule has 7 heteroatoms. The summed E-state index contributed by atoms with van der Waals surface area (Å²) in [5.41, 5.74) is 3.06. The Hall–Kier alpha value is -3.58. The number of carbonyl (C=O) groups is 2. The molecule has 4 rings (SSSR count). The summed E-state index contributed by atoms with van der Waals surface area (Å²) in [6.45, 7) is 1.85. The first-order valence-corrected chi connectivity index (χ1v) is 10.2. The van der Waals surface area contributed by atoms with E-state index in [9.17, 15) is 9.59 Å². The van der Waals surface area contributed by atoms with E-state index in [0.717, 1.165) is 25.3 Å². The molecule has 2 aromatic carbocycles. The summed E-state index contributed by atoms with van der Waals surface area (Å²) in [6.07, 6.45) is 2.55. The lowest BCUT2D eigenvalue weighted by Crippen LogP contribution is -2.43. The molecule has 0 unspecified atom stereocenters. The minimum atomic E-state index is -0.744. The zero-order valence-electron chi connectivity index (χ0n) is 17.3. The highest BCUT2D eigenvalue weighted by Gasteiger charge is 2.28. The molecule has 0 saturated carbocycles. The van der Waals surface area contributed by atoms with Gasteiger partial charge in [0.1, 0.15) is 11.5 Å². The van der Waals surface area contributed by atoms with Gasteiger partial charge in [0, 0.05) is 19.6 Å². The fourth-order valence-corrected chi connectivity index (χ4v) is 3.87. The molecule has 1 aromatic heterocycles. The van der Waals surface area contributed by atoms with E-state index >= 15 is 0 Å². The number of amides is 2. The van der Waals surface area contributed by atoms with Crippen molar-refractivity contribution in [3.63, 3.8) is 0 Å². The number of rotatable bonds is 6. The maximum Gasteiger partial charge on any atom is 0.313 e. The molecule has 1 aliphatic heterocycles. The molecular weight excluding hydrogens is 394 g/mol. The molecule has 0 radical (unpaired) electrons. The third kappa shape index (κ3) is 4.78. The van der Waals surface area contributed by atoms with Crippen LogP contribution in [0.15, 0.2) is 71.3 Å². The summed E-state index contributed by atoms with van der Waals surface area (Å²) in [5.74, 6) is -0.208. The molecule has 0 bridgehead atoms. The maximum atomic E-state index is 12.5. The first-order chi connectivity index (χ1) is 15.2. The Morgan fingerprint density at radius 3 is 2.58 bits per heavy atom. The fourth-order valence-electron chi connectivity index (χ4n) is 3.87. The first kappa shape index (κ1) is 20.7. The summed E-state index contributed by atoms with van der Waals surface area (Å²) in [4.78, 5) is 27.2. The predicted molar refractivity (Wildman–Crippen MR) is 117 cm³/mol. The summed E-state index contributed by atoms with van der Waals surface area (Å²) in [5, 5.41) is 5.36. The number of carbonyl (C=O) groups excluding carboxylic acids is 2. The molecule has 7 nitrogen and oxygen atoms in total. The monoisotopic (exact) mass is 419 g/mol. The smallest absolute Gasteiger partial charge is 0.313 e. The Kier molecular flexibility index (Phi) is 6.33. The van der Waals surface area contributed by atoms with Crippen molar-refractivity contribution in [2.45, 2.75) is 19.0 Å². The molecule has 0 aliphatic carbocycles. The standard InChI is InChI=1S/C24H25N3O4/c1-30-21-10-5-4-9-19(21)26-24(29)23(28)25-15-20(22-11-6-14-31-22)27-13-12-17-7-2-3-8-18(17)16-27/h2-11,14,20H,12-13,15-16H2,1H3,(H,25,28)(H,26,29)/t20-/m0/s1. The average Bonchev–Trinajstić information content (AvgIpc) is 3.34. The Morgan fingerprint density at radius 2 is 1.81 bits per heavy atom. The van der Waals surface area contributed by atoms with Crippen LogP contribution in [0.2, 0.25) is 0 Å². The van der Waals surface area contributed by atoms with Crippen molar-refractivity contribution in [2.75, 3.05) is 25.5 Å². The van der Waals surface area contributed by atoms with E-state index in [1.807, 2.05) is 18.2 Å². The number of nitrogens with zero attached hydrogens (tertiary/aromatic N) is 1. The number of methoxy groups -OCH3 is 1. The van der Waals surface area contributed by atoms with Gasteiger partial charge in [-0.05, 0) is 41.8 Å². The van der Waals surface area contributed by atoms with Gasteiger partial charge in [-0.25, -0.2) is 0 Å². The van der Waals surface area contributed by atoms with E-state index in [1.54, 1.807) is 30.5 Å². The van der Waals surface area contributed by atoms with Crippen LogP contribution in [0.3, 0.4) is 0 Å². The number of fused-ring (bicyclic) bond motifs is 1. The zero-order chi connectivity index (χ0) is 21.6. The second kappa shape index (κ2) is 9.49. The van der Waals surface area contributed by atoms with Crippen LogP contribution in [0, 0.1) is 0 Å². The van der Waals surface area contributed by atoms with E-state index in [-0.39, 0.29) is 12.6 Å². The highest BCUT2D eigenvalue weighted by molar-refractivity contribution is 6.39. The van der Waals surface area contributed by atoms with Crippen molar-refractivity contribution in [3.8, 4) is 5.75 Å². The highest BCUT2D eigenvalue weighted by Crippen LogP contribution is 2.28. The zero-order valence-corrected chi connectivity index (χ0v) is 17.3. The van der Waals surface area contributed by atoms with Gasteiger partial charge >= 0.3 is 11.8 Å². The largest absolute Gasteiger partial charge is 0.495 e. The third-order valence-corrected chi connectivity index (χ3v) is 5.49. The molecule has 3 aromatic rings. The van der Waals surface area contributed by atoms with E-state index in [0.29, 0.717) is 11.4 Å². The van der Waals surface area contributed by atoms with E-state index in [1.165, 1.54) is 18.2 Å². The Bertz CT molecular complexity index is 1050. The van der Waals surface area contributed by atoms with Crippen molar-refractivity contribution in [1.29, 1.82) is 0 Å². The van der Waals surface area contributed by atoms with Gasteiger partial charge in [-0.2, -0.15) is 0 Å². The van der Waals surface area contributed by atoms with Crippen molar-refractivity contribution in [1.82, 2.24) is 10.2 Å². The van der Waals surface area contributed by atoms with Gasteiger partial charge in [-0.1, -0.05) is 36.4 Å². The minimum Gasteiger partial charge on any atom is -0.495 e. The molecule has 1 atom stereocenters. The summed E-state index contributed by atoms with van der Waals surface area (Å²) >= 11 is 0. The molecule has 2 amide bonds. The normalized spacial score (nSPS) is 14.4. The van der Waals surface area contributed by atoms with Crippen LogP contribution in [-0.4, -0.2) is 36.9 Å². The van der Waals surface area contributed by atoms with Crippen molar-refractivity contribution in [3.05, 3.63) is 83.8 Å². The SMILES string of the molecule is COc1ccccc1NC(=O)C(=O)NC[C@@H](c1ccco1)N1CCc2ccccc2C1. The molecule has 1 aliphatic rings. The summed E-state index contributed by atoms with van der Waals surface area (Å²) in [6, 6.07) is 18.9. The number of nitrogens with one attached hydrogen (secondary N) is 2. The van der Waals surface area contributed by atoms with E-state index in [4.69, 9.17) is 9.15 Å². The second-order valence-electron chi connectivity index (χ2n) is 7.38. The first-order valence-electron chi connectivity index (χ1n) is 10.2. The van der Waals surface area contributed by atoms with Crippen LogP contribution in [-0.2, 0) is 22.6 Å². The predicted octanol–water partition coefficient (Wildman–Crippen LogP) is 3.14. The van der Waals surface area contributed by atoms with Gasteiger partial charge in [-0.3, -0.25) is 14.5 Å². The minimum absolute atomic E-state index is 0.175. The van der Waals surface area contributed by atoms with Gasteiger partial charge in [0.15, 0.2) is 0 Å². The lowest BCUT2D eigenvalue weighted by molar-refractivity contribution is -0.136. The average molecular weight is 419 g/mol. The maximum absolute atomic E-state index is 12.5. The van der Waals surface area contributed by atoms with Crippen LogP contribution < -0.4 is 15.4 Å². The number of anilines is 1. The number of para-hydroxylation sites is 2.